The van der Waals surface area contributed by atoms with Gasteiger partial charge in [0.2, 0.25) is 0 Å². The highest BCUT2D eigenvalue weighted by molar-refractivity contribution is 7.98. The number of hydrogen-bond donors (Lipinski definition) is 2. The molecule has 0 radical (unpaired) electrons. The van der Waals surface area contributed by atoms with E-state index in [1.165, 1.54) is 4.90 Å². The van der Waals surface area contributed by atoms with Gasteiger partial charge in [-0.25, -0.2) is 9.78 Å². The lowest BCUT2D eigenvalue weighted by Crippen LogP contribution is -2.41. The van der Waals surface area contributed by atoms with Crippen molar-refractivity contribution in [2.75, 3.05) is 24.7 Å². The molecule has 1 aromatic heterocycles. The minimum atomic E-state index is -0.0392. The highest BCUT2D eigenvalue weighted by atomic mass is 32.2. The topological polar surface area (TPSA) is 61.0 Å². The van der Waals surface area contributed by atoms with Gasteiger partial charge in [-0.3, -0.25) is 0 Å². The summed E-state index contributed by atoms with van der Waals surface area (Å²) in [6, 6.07) is 16.0. The van der Waals surface area contributed by atoms with Crippen molar-refractivity contribution >= 4 is 34.5 Å². The molecule has 6 heteroatoms. The third-order valence-electron chi connectivity index (χ3n) is 4.84. The SMILES string of the molecule is CSc1ccc(NC(=O)N2CCC[C@H](c3nc4ccccc4[nH]3)C2)cc1. The van der Waals surface area contributed by atoms with E-state index in [2.05, 4.69) is 10.3 Å². The molecule has 1 aliphatic heterocycles. The summed E-state index contributed by atoms with van der Waals surface area (Å²) in [6.45, 7) is 1.47. The van der Waals surface area contributed by atoms with Crippen molar-refractivity contribution in [3.63, 3.8) is 0 Å². The van der Waals surface area contributed by atoms with E-state index in [1.54, 1.807) is 11.8 Å². The zero-order valence-electron chi connectivity index (χ0n) is 14.7. The number of aromatic nitrogens is 2. The van der Waals surface area contributed by atoms with Gasteiger partial charge < -0.3 is 15.2 Å². The Kier molecular flexibility index (Phi) is 4.84. The molecule has 0 aliphatic carbocycles. The highest BCUT2D eigenvalue weighted by Gasteiger charge is 2.26. The Morgan fingerprint density at radius 2 is 2.04 bits per heavy atom. The number of urea groups is 1. The molecule has 2 heterocycles. The lowest BCUT2D eigenvalue weighted by molar-refractivity contribution is 0.191. The molecule has 2 amide bonds. The van der Waals surface area contributed by atoms with Crippen LogP contribution in [0, 0.1) is 0 Å². The number of nitrogens with one attached hydrogen (secondary N) is 2. The van der Waals surface area contributed by atoms with E-state index in [0.717, 1.165) is 41.9 Å². The average molecular weight is 366 g/mol. The maximum atomic E-state index is 12.6. The van der Waals surface area contributed by atoms with Crippen LogP contribution in [-0.4, -0.2) is 40.2 Å². The van der Waals surface area contributed by atoms with Gasteiger partial charge in [0.1, 0.15) is 5.82 Å². The van der Waals surface area contributed by atoms with E-state index in [4.69, 9.17) is 4.98 Å². The molecule has 5 nitrogen and oxygen atoms in total. The van der Waals surface area contributed by atoms with E-state index in [0.29, 0.717) is 6.54 Å². The number of amides is 2. The Morgan fingerprint density at radius 1 is 1.23 bits per heavy atom. The average Bonchev–Trinajstić information content (AvgIpc) is 3.13. The Bertz CT molecular complexity index is 873. The van der Waals surface area contributed by atoms with Crippen LogP contribution in [-0.2, 0) is 0 Å². The van der Waals surface area contributed by atoms with Crippen LogP contribution in [0.5, 0.6) is 0 Å². The summed E-state index contributed by atoms with van der Waals surface area (Å²) in [5, 5.41) is 3.01. The molecule has 0 bridgehead atoms. The number of thioether (sulfide) groups is 1. The predicted octanol–water partition coefficient (Wildman–Crippen LogP) is 4.70. The van der Waals surface area contributed by atoms with Gasteiger partial charge in [0.25, 0.3) is 0 Å². The van der Waals surface area contributed by atoms with Crippen molar-refractivity contribution in [3.8, 4) is 0 Å². The third kappa shape index (κ3) is 3.55. The second kappa shape index (κ2) is 7.41. The third-order valence-corrected chi connectivity index (χ3v) is 5.59. The van der Waals surface area contributed by atoms with Crippen LogP contribution in [0.1, 0.15) is 24.6 Å². The maximum Gasteiger partial charge on any atom is 0.321 e. The van der Waals surface area contributed by atoms with Gasteiger partial charge in [0, 0.05) is 29.6 Å². The monoisotopic (exact) mass is 366 g/mol. The largest absolute Gasteiger partial charge is 0.342 e. The normalized spacial score (nSPS) is 17.4. The van der Waals surface area contributed by atoms with Crippen LogP contribution < -0.4 is 5.32 Å². The van der Waals surface area contributed by atoms with Crippen molar-refractivity contribution in [2.45, 2.75) is 23.7 Å². The fraction of sp³-hybridized carbons (Fsp3) is 0.300. The summed E-state index contributed by atoms with van der Waals surface area (Å²) in [6.07, 6.45) is 4.08. The standard InChI is InChI=1S/C20H22N4OS/c1-26-16-10-8-15(9-11-16)21-20(25)24-12-4-5-14(13-24)19-22-17-6-2-3-7-18(17)23-19/h2-3,6-11,14H,4-5,12-13H2,1H3,(H,21,25)(H,22,23)/t14-/m0/s1. The van der Waals surface area contributed by atoms with Crippen LogP contribution in [0.4, 0.5) is 10.5 Å². The Hall–Kier alpha value is -2.47. The molecule has 134 valence electrons. The lowest BCUT2D eigenvalue weighted by Gasteiger charge is -2.31. The zero-order chi connectivity index (χ0) is 17.9. The number of hydrogen-bond acceptors (Lipinski definition) is 3. The molecule has 0 saturated carbocycles. The van der Waals surface area contributed by atoms with E-state index >= 15 is 0 Å². The summed E-state index contributed by atoms with van der Waals surface area (Å²) in [5.41, 5.74) is 2.87. The molecule has 1 aliphatic rings. The number of carbonyl (C=O) groups excluding carboxylic acids is 1. The van der Waals surface area contributed by atoms with Gasteiger partial charge in [-0.2, -0.15) is 0 Å². The van der Waals surface area contributed by atoms with E-state index in [9.17, 15) is 4.79 Å². The van der Waals surface area contributed by atoms with Crippen molar-refractivity contribution < 1.29 is 4.79 Å². The van der Waals surface area contributed by atoms with Crippen LogP contribution >= 0.6 is 11.8 Å². The number of H-pyrrole nitrogens is 1. The number of imidazole rings is 1. The first-order valence-corrected chi connectivity index (χ1v) is 10.1. The summed E-state index contributed by atoms with van der Waals surface area (Å²) in [5.74, 6) is 1.23. The molecule has 3 aromatic rings. The quantitative estimate of drug-likeness (QED) is 0.661. The summed E-state index contributed by atoms with van der Waals surface area (Å²) >= 11 is 1.69. The fourth-order valence-electron chi connectivity index (χ4n) is 3.43. The maximum absolute atomic E-state index is 12.6. The van der Waals surface area contributed by atoms with Crippen LogP contribution in [0.3, 0.4) is 0 Å². The first-order chi connectivity index (χ1) is 12.7. The second-order valence-electron chi connectivity index (χ2n) is 6.58. The molecule has 1 fully saturated rings. The first kappa shape index (κ1) is 17.0. The number of aromatic amines is 1. The number of carbonyl (C=O) groups is 1. The van der Waals surface area contributed by atoms with Crippen LogP contribution in [0.2, 0.25) is 0 Å². The molecule has 0 unspecified atom stereocenters. The number of benzene rings is 2. The molecular formula is C20H22N4OS. The molecule has 1 atom stereocenters. The molecule has 26 heavy (non-hydrogen) atoms. The minimum Gasteiger partial charge on any atom is -0.342 e. The first-order valence-electron chi connectivity index (χ1n) is 8.87. The number of anilines is 1. The second-order valence-corrected chi connectivity index (χ2v) is 7.46. The molecule has 2 N–H and O–H groups in total. The Morgan fingerprint density at radius 3 is 2.81 bits per heavy atom. The number of piperidine rings is 1. The number of para-hydroxylation sites is 2. The van der Waals surface area contributed by atoms with Gasteiger partial charge in [-0.15, -0.1) is 11.8 Å². The summed E-state index contributed by atoms with van der Waals surface area (Å²) < 4.78 is 0. The van der Waals surface area contributed by atoms with Gasteiger partial charge in [-0.1, -0.05) is 12.1 Å². The van der Waals surface area contributed by atoms with Crippen LogP contribution in [0.25, 0.3) is 11.0 Å². The Labute approximate surface area is 157 Å². The van der Waals surface area contributed by atoms with Gasteiger partial charge in [-0.05, 0) is 55.5 Å². The van der Waals surface area contributed by atoms with Crippen molar-refractivity contribution in [2.24, 2.45) is 0 Å². The molecule has 4 rings (SSSR count). The van der Waals surface area contributed by atoms with Crippen molar-refractivity contribution in [1.82, 2.24) is 14.9 Å². The summed E-state index contributed by atoms with van der Waals surface area (Å²) in [7, 11) is 0. The van der Waals surface area contributed by atoms with E-state index < -0.39 is 0 Å². The molecular weight excluding hydrogens is 344 g/mol. The number of nitrogens with zero attached hydrogens (tertiary/aromatic N) is 2. The minimum absolute atomic E-state index is 0.0392. The lowest BCUT2D eigenvalue weighted by atomic mass is 9.97. The predicted molar refractivity (Wildman–Crippen MR) is 107 cm³/mol. The Balaban J connectivity index is 1.44. The smallest absolute Gasteiger partial charge is 0.321 e. The van der Waals surface area contributed by atoms with Crippen molar-refractivity contribution in [1.29, 1.82) is 0 Å². The van der Waals surface area contributed by atoms with Gasteiger partial charge >= 0.3 is 6.03 Å². The highest BCUT2D eigenvalue weighted by Crippen LogP contribution is 2.27. The fourth-order valence-corrected chi connectivity index (χ4v) is 3.84. The molecule has 2 aromatic carbocycles. The zero-order valence-corrected chi connectivity index (χ0v) is 15.6. The number of rotatable bonds is 3. The van der Waals surface area contributed by atoms with Crippen molar-refractivity contribution in [3.05, 3.63) is 54.4 Å². The van der Waals surface area contributed by atoms with E-state index in [-0.39, 0.29) is 11.9 Å². The van der Waals surface area contributed by atoms with Gasteiger partial charge in [0.15, 0.2) is 0 Å². The van der Waals surface area contributed by atoms with Gasteiger partial charge in [0.05, 0.1) is 11.0 Å². The number of likely N-dealkylation sites (tertiary alicyclic amines) is 1. The van der Waals surface area contributed by atoms with Crippen LogP contribution in [0.15, 0.2) is 53.4 Å². The van der Waals surface area contributed by atoms with E-state index in [1.807, 2.05) is 59.7 Å². The number of fused-ring (bicyclic) bond motifs is 1. The molecule has 0 spiro atoms. The molecule has 1 saturated heterocycles. The summed E-state index contributed by atoms with van der Waals surface area (Å²) in [4.78, 5) is 23.9.